The van der Waals surface area contributed by atoms with E-state index in [-0.39, 0.29) is 0 Å². The molecule has 24 heavy (non-hydrogen) atoms. The molecule has 1 aliphatic heterocycles. The first kappa shape index (κ1) is 13.8. The number of hydrogen-bond donors (Lipinski definition) is 0. The summed E-state index contributed by atoms with van der Waals surface area (Å²) in [5.41, 5.74) is 6.12. The fourth-order valence-corrected chi connectivity index (χ4v) is 4.59. The Morgan fingerprint density at radius 1 is 1.00 bits per heavy atom. The van der Waals surface area contributed by atoms with Gasteiger partial charge < -0.3 is 4.57 Å². The van der Waals surface area contributed by atoms with Crippen LogP contribution in [0, 0.1) is 6.92 Å². The van der Waals surface area contributed by atoms with Gasteiger partial charge in [0, 0.05) is 10.9 Å². The SMILES string of the molecule is Cc1cccc2c1-n1cccc1C(c1cc3ccccc3s1)=NC2. The minimum atomic E-state index is 0.724. The lowest BCUT2D eigenvalue weighted by molar-refractivity contribution is 1.00. The number of nitrogens with zero attached hydrogens (tertiary/aromatic N) is 2. The number of aliphatic imine (C=N–C) groups is 1. The molecule has 0 fully saturated rings. The zero-order chi connectivity index (χ0) is 16.1. The molecule has 2 aromatic carbocycles. The lowest BCUT2D eigenvalue weighted by Gasteiger charge is -2.13. The maximum Gasteiger partial charge on any atom is 0.0991 e. The third kappa shape index (κ3) is 1.98. The average Bonchev–Trinajstić information content (AvgIpc) is 3.19. The Balaban J connectivity index is 1.75. The summed E-state index contributed by atoms with van der Waals surface area (Å²) in [6.07, 6.45) is 2.15. The molecule has 3 heteroatoms. The predicted molar refractivity (Wildman–Crippen MR) is 102 cm³/mol. The summed E-state index contributed by atoms with van der Waals surface area (Å²) in [7, 11) is 0. The van der Waals surface area contributed by atoms with Crippen molar-refractivity contribution in [2.75, 3.05) is 0 Å². The largest absolute Gasteiger partial charge is 0.314 e. The standard InChI is InChI=1S/C21H16N2S/c1-14-6-4-8-16-13-22-20(17-9-5-11-23(17)21(14)16)19-12-15-7-2-3-10-18(15)24-19/h2-12H,13H2,1H3. The van der Waals surface area contributed by atoms with E-state index in [1.807, 2.05) is 11.3 Å². The fraction of sp³-hybridized carbons (Fsp3) is 0.0952. The highest BCUT2D eigenvalue weighted by atomic mass is 32.1. The van der Waals surface area contributed by atoms with Crippen molar-refractivity contribution in [3.63, 3.8) is 0 Å². The Bertz CT molecular complexity index is 1060. The smallest absolute Gasteiger partial charge is 0.0991 e. The maximum atomic E-state index is 4.99. The molecule has 2 nitrogen and oxygen atoms in total. The molecule has 0 N–H and O–H groups in total. The topological polar surface area (TPSA) is 17.3 Å². The Hall–Kier alpha value is -2.65. The molecule has 0 bridgehead atoms. The third-order valence-electron chi connectivity index (χ3n) is 4.62. The van der Waals surface area contributed by atoms with Gasteiger partial charge in [-0.1, -0.05) is 36.4 Å². The number of para-hydroxylation sites is 1. The molecule has 0 unspecified atom stereocenters. The van der Waals surface area contributed by atoms with Crippen LogP contribution >= 0.6 is 11.3 Å². The van der Waals surface area contributed by atoms with Crippen LogP contribution in [0.4, 0.5) is 0 Å². The number of aryl methyl sites for hydroxylation is 1. The summed E-state index contributed by atoms with van der Waals surface area (Å²) in [4.78, 5) is 6.23. The van der Waals surface area contributed by atoms with E-state index in [1.54, 1.807) is 0 Å². The quantitative estimate of drug-likeness (QED) is 0.448. The minimum Gasteiger partial charge on any atom is -0.314 e. The molecule has 0 radical (unpaired) electrons. The summed E-state index contributed by atoms with van der Waals surface area (Å²) < 4.78 is 3.60. The van der Waals surface area contributed by atoms with Crippen LogP contribution in [0.5, 0.6) is 0 Å². The van der Waals surface area contributed by atoms with Crippen LogP contribution in [0.2, 0.25) is 0 Å². The van der Waals surface area contributed by atoms with E-state index in [2.05, 4.69) is 78.4 Å². The summed E-state index contributed by atoms with van der Waals surface area (Å²) >= 11 is 1.82. The first-order chi connectivity index (χ1) is 11.8. The van der Waals surface area contributed by atoms with Gasteiger partial charge >= 0.3 is 0 Å². The van der Waals surface area contributed by atoms with Crippen LogP contribution in [-0.2, 0) is 6.54 Å². The van der Waals surface area contributed by atoms with Crippen molar-refractivity contribution >= 4 is 27.1 Å². The Labute approximate surface area is 144 Å². The zero-order valence-electron chi connectivity index (χ0n) is 13.4. The molecule has 0 amide bonds. The van der Waals surface area contributed by atoms with Crippen LogP contribution in [0.3, 0.4) is 0 Å². The van der Waals surface area contributed by atoms with E-state index in [0.29, 0.717) is 0 Å². The lowest BCUT2D eigenvalue weighted by atomic mass is 10.1. The Morgan fingerprint density at radius 2 is 1.92 bits per heavy atom. The summed E-state index contributed by atoms with van der Waals surface area (Å²) in [5, 5.41) is 1.29. The van der Waals surface area contributed by atoms with Crippen molar-refractivity contribution in [1.29, 1.82) is 0 Å². The summed E-state index contributed by atoms with van der Waals surface area (Å²) in [6, 6.07) is 21.6. The number of thiophene rings is 1. The van der Waals surface area contributed by atoms with Gasteiger partial charge in [-0.2, -0.15) is 0 Å². The van der Waals surface area contributed by atoms with Crippen molar-refractivity contribution < 1.29 is 0 Å². The molecule has 4 aromatic rings. The van der Waals surface area contributed by atoms with Gasteiger partial charge in [0.05, 0.1) is 28.5 Å². The average molecular weight is 328 g/mol. The van der Waals surface area contributed by atoms with E-state index in [9.17, 15) is 0 Å². The molecular weight excluding hydrogens is 312 g/mol. The van der Waals surface area contributed by atoms with E-state index in [1.165, 1.54) is 37.5 Å². The Kier molecular flexibility index (Phi) is 2.97. The van der Waals surface area contributed by atoms with Gasteiger partial charge in [0.25, 0.3) is 0 Å². The second-order valence-electron chi connectivity index (χ2n) is 6.16. The lowest BCUT2D eigenvalue weighted by Crippen LogP contribution is -2.07. The summed E-state index contributed by atoms with van der Waals surface area (Å²) in [6.45, 7) is 2.90. The first-order valence-corrected chi connectivity index (χ1v) is 8.93. The van der Waals surface area contributed by atoms with E-state index in [0.717, 1.165) is 12.3 Å². The fourth-order valence-electron chi connectivity index (χ4n) is 3.51. The van der Waals surface area contributed by atoms with Gasteiger partial charge in [-0.05, 0) is 47.7 Å². The van der Waals surface area contributed by atoms with Gasteiger partial charge in [-0.15, -0.1) is 11.3 Å². The monoisotopic (exact) mass is 328 g/mol. The van der Waals surface area contributed by atoms with Gasteiger partial charge in [-0.25, -0.2) is 0 Å². The van der Waals surface area contributed by atoms with Crippen LogP contribution < -0.4 is 0 Å². The van der Waals surface area contributed by atoms with Crippen LogP contribution in [-0.4, -0.2) is 10.3 Å². The molecule has 5 rings (SSSR count). The normalized spacial score (nSPS) is 13.3. The molecule has 116 valence electrons. The second kappa shape index (κ2) is 5.18. The molecule has 1 aliphatic rings. The Morgan fingerprint density at radius 3 is 2.83 bits per heavy atom. The van der Waals surface area contributed by atoms with Gasteiger partial charge in [-0.3, -0.25) is 4.99 Å². The van der Waals surface area contributed by atoms with Crippen LogP contribution in [0.1, 0.15) is 21.7 Å². The van der Waals surface area contributed by atoms with E-state index < -0.39 is 0 Å². The molecule has 0 saturated carbocycles. The van der Waals surface area contributed by atoms with Crippen LogP contribution in [0.15, 0.2) is 71.9 Å². The highest BCUT2D eigenvalue weighted by molar-refractivity contribution is 7.21. The van der Waals surface area contributed by atoms with Gasteiger partial charge in [0.2, 0.25) is 0 Å². The molecule has 0 atom stereocenters. The summed E-state index contributed by atoms with van der Waals surface area (Å²) in [5.74, 6) is 0. The number of aromatic nitrogens is 1. The third-order valence-corrected chi connectivity index (χ3v) is 5.74. The van der Waals surface area contributed by atoms with Crippen molar-refractivity contribution in [2.45, 2.75) is 13.5 Å². The van der Waals surface area contributed by atoms with Crippen molar-refractivity contribution in [1.82, 2.24) is 4.57 Å². The molecule has 2 aromatic heterocycles. The minimum absolute atomic E-state index is 0.724. The van der Waals surface area contributed by atoms with E-state index in [4.69, 9.17) is 4.99 Å². The number of rotatable bonds is 1. The number of hydrogen-bond acceptors (Lipinski definition) is 2. The second-order valence-corrected chi connectivity index (χ2v) is 7.24. The molecular formula is C21H16N2S. The number of fused-ring (bicyclic) bond motifs is 4. The highest BCUT2D eigenvalue weighted by Crippen LogP contribution is 2.32. The van der Waals surface area contributed by atoms with E-state index >= 15 is 0 Å². The van der Waals surface area contributed by atoms with Crippen molar-refractivity contribution in [3.8, 4) is 5.69 Å². The van der Waals surface area contributed by atoms with Gasteiger partial charge in [0.15, 0.2) is 0 Å². The molecule has 3 heterocycles. The van der Waals surface area contributed by atoms with Gasteiger partial charge in [0.1, 0.15) is 0 Å². The van der Waals surface area contributed by atoms with Crippen molar-refractivity contribution in [2.24, 2.45) is 4.99 Å². The maximum absolute atomic E-state index is 4.99. The van der Waals surface area contributed by atoms with Crippen molar-refractivity contribution in [3.05, 3.63) is 88.6 Å². The molecule has 0 aliphatic carbocycles. The predicted octanol–water partition coefficient (Wildman–Crippen LogP) is 5.35. The first-order valence-electron chi connectivity index (χ1n) is 8.11. The molecule has 0 saturated heterocycles. The highest BCUT2D eigenvalue weighted by Gasteiger charge is 2.20. The molecule has 0 spiro atoms. The zero-order valence-corrected chi connectivity index (χ0v) is 14.2. The van der Waals surface area contributed by atoms with Crippen LogP contribution in [0.25, 0.3) is 15.8 Å². The number of benzene rings is 2.